The Morgan fingerprint density at radius 3 is 2.30 bits per heavy atom. The van der Waals surface area contributed by atoms with Crippen LogP contribution in [0, 0.1) is 23.5 Å². The molecule has 0 heterocycles. The highest BCUT2D eigenvalue weighted by Gasteiger charge is 2.24. The van der Waals surface area contributed by atoms with Crippen molar-refractivity contribution in [3.63, 3.8) is 0 Å². The average molecular weight is 372 g/mol. The third-order valence-corrected chi connectivity index (χ3v) is 4.76. The fourth-order valence-electron chi connectivity index (χ4n) is 3.08. The van der Waals surface area contributed by atoms with E-state index < -0.39 is 17.7 Å². The Kier molecular flexibility index (Phi) is 5.67. The van der Waals surface area contributed by atoms with E-state index in [1.54, 1.807) is 12.1 Å². The molecule has 5 heteroatoms. The van der Waals surface area contributed by atoms with Crippen LogP contribution >= 0.6 is 0 Å². The predicted octanol–water partition coefficient (Wildman–Crippen LogP) is 4.79. The van der Waals surface area contributed by atoms with E-state index in [2.05, 4.69) is 11.8 Å². The molecule has 1 aliphatic rings. The van der Waals surface area contributed by atoms with Crippen molar-refractivity contribution in [2.24, 2.45) is 0 Å². The minimum Gasteiger partial charge on any atom is -0.494 e. The molecule has 0 saturated heterocycles. The Labute approximate surface area is 158 Å². The van der Waals surface area contributed by atoms with E-state index in [-0.39, 0.29) is 17.6 Å². The highest BCUT2D eigenvalue weighted by atomic mass is 19.1. The highest BCUT2D eigenvalue weighted by Crippen LogP contribution is 2.34. The fraction of sp³-hybridized carbons (Fsp3) is 0.364. The maximum Gasteiger partial charge on any atom is 0.166 e. The first-order chi connectivity index (χ1) is 13.0. The molecule has 142 valence electrons. The van der Waals surface area contributed by atoms with Crippen molar-refractivity contribution in [1.29, 1.82) is 0 Å². The molecule has 3 nitrogen and oxygen atoms in total. The van der Waals surface area contributed by atoms with Crippen LogP contribution in [0.15, 0.2) is 24.3 Å². The van der Waals surface area contributed by atoms with Gasteiger partial charge in [0, 0.05) is 17.5 Å². The van der Waals surface area contributed by atoms with Crippen LogP contribution < -0.4 is 9.47 Å². The van der Waals surface area contributed by atoms with E-state index in [0.29, 0.717) is 23.1 Å². The van der Waals surface area contributed by atoms with Gasteiger partial charge < -0.3 is 14.2 Å². The topological polar surface area (TPSA) is 27.7 Å². The van der Waals surface area contributed by atoms with Crippen LogP contribution in [-0.4, -0.2) is 20.3 Å². The molecule has 27 heavy (non-hydrogen) atoms. The van der Waals surface area contributed by atoms with Crippen LogP contribution in [0.25, 0.3) is 0 Å². The summed E-state index contributed by atoms with van der Waals surface area (Å²) in [4.78, 5) is 0. The molecule has 2 atom stereocenters. The number of halogens is 2. The number of ether oxygens (including phenoxy) is 3. The summed E-state index contributed by atoms with van der Waals surface area (Å²) >= 11 is 0. The van der Waals surface area contributed by atoms with E-state index in [1.807, 2.05) is 13.8 Å². The van der Waals surface area contributed by atoms with Gasteiger partial charge in [0.15, 0.2) is 23.1 Å². The smallest absolute Gasteiger partial charge is 0.166 e. The number of hydrogen-bond acceptors (Lipinski definition) is 3. The Morgan fingerprint density at radius 1 is 1.00 bits per heavy atom. The molecule has 0 aromatic heterocycles. The lowest BCUT2D eigenvalue weighted by atomic mass is 9.91. The van der Waals surface area contributed by atoms with E-state index in [4.69, 9.17) is 14.2 Å². The standard InChI is InChI=1S/C22H22F2O3/c1-5-13(2)27-20-10-16-11-22(26-4)18(23)8-14(16)6-7-15-9-21(25-3)19(24)12-17(15)20/h8-9,11-13,20H,5,10H2,1-4H3. The molecule has 2 aromatic rings. The summed E-state index contributed by atoms with van der Waals surface area (Å²) in [5.41, 5.74) is 2.65. The average Bonchev–Trinajstić information content (AvgIpc) is 2.66. The molecule has 2 unspecified atom stereocenters. The Morgan fingerprint density at radius 2 is 1.63 bits per heavy atom. The number of rotatable bonds is 5. The number of hydrogen-bond donors (Lipinski definition) is 0. The first-order valence-electron chi connectivity index (χ1n) is 8.88. The number of benzene rings is 2. The lowest BCUT2D eigenvalue weighted by molar-refractivity contribution is -0.00529. The maximum atomic E-state index is 14.4. The minimum absolute atomic E-state index is 0.0220. The molecule has 0 saturated carbocycles. The summed E-state index contributed by atoms with van der Waals surface area (Å²) in [6.07, 6.45) is 0.810. The zero-order valence-electron chi connectivity index (χ0n) is 15.9. The van der Waals surface area contributed by atoms with Crippen molar-refractivity contribution in [2.45, 2.75) is 38.9 Å². The van der Waals surface area contributed by atoms with Crippen molar-refractivity contribution in [2.75, 3.05) is 14.2 Å². The molecule has 0 amide bonds. The Balaban J connectivity index is 2.18. The molecule has 0 radical (unpaired) electrons. The van der Waals surface area contributed by atoms with E-state index >= 15 is 0 Å². The van der Waals surface area contributed by atoms with Crippen molar-refractivity contribution in [3.8, 4) is 23.3 Å². The fourth-order valence-corrected chi connectivity index (χ4v) is 3.08. The molecule has 1 aliphatic carbocycles. The number of fused-ring (bicyclic) bond motifs is 2. The third-order valence-electron chi connectivity index (χ3n) is 4.76. The highest BCUT2D eigenvalue weighted by molar-refractivity contribution is 5.55. The van der Waals surface area contributed by atoms with E-state index in [0.717, 1.165) is 12.0 Å². The van der Waals surface area contributed by atoms with Crippen molar-refractivity contribution < 1.29 is 23.0 Å². The van der Waals surface area contributed by atoms with Gasteiger partial charge in [0.25, 0.3) is 0 Å². The van der Waals surface area contributed by atoms with Crippen LogP contribution in [-0.2, 0) is 11.2 Å². The Hall–Kier alpha value is -2.58. The van der Waals surface area contributed by atoms with Gasteiger partial charge in [-0.25, -0.2) is 8.78 Å². The van der Waals surface area contributed by atoms with Gasteiger partial charge in [-0.3, -0.25) is 0 Å². The summed E-state index contributed by atoms with van der Waals surface area (Å²) in [6, 6.07) is 5.99. The normalized spacial score (nSPS) is 16.1. The Bertz CT molecular complexity index is 912. The second-order valence-corrected chi connectivity index (χ2v) is 6.52. The molecule has 2 aromatic carbocycles. The summed E-state index contributed by atoms with van der Waals surface area (Å²) in [6.45, 7) is 3.99. The van der Waals surface area contributed by atoms with Gasteiger partial charge in [0.05, 0.1) is 26.4 Å². The van der Waals surface area contributed by atoms with Crippen LogP contribution in [0.2, 0.25) is 0 Å². The molecule has 0 fully saturated rings. The van der Waals surface area contributed by atoms with Crippen molar-refractivity contribution >= 4 is 0 Å². The summed E-state index contributed by atoms with van der Waals surface area (Å²) in [5.74, 6) is 5.35. The van der Waals surface area contributed by atoms with Gasteiger partial charge in [-0.05, 0) is 48.7 Å². The summed E-state index contributed by atoms with van der Waals surface area (Å²) < 4.78 is 44.9. The molecule has 0 N–H and O–H groups in total. The predicted molar refractivity (Wildman–Crippen MR) is 99.2 cm³/mol. The molecule has 0 spiro atoms. The molecule has 0 bridgehead atoms. The quantitative estimate of drug-likeness (QED) is 0.706. The van der Waals surface area contributed by atoms with Gasteiger partial charge >= 0.3 is 0 Å². The zero-order chi connectivity index (χ0) is 19.6. The van der Waals surface area contributed by atoms with Gasteiger partial charge in [-0.2, -0.15) is 0 Å². The molecular formula is C22H22F2O3. The lowest BCUT2D eigenvalue weighted by Gasteiger charge is -2.25. The first kappa shape index (κ1) is 19.2. The van der Waals surface area contributed by atoms with Crippen molar-refractivity contribution in [3.05, 3.63) is 58.2 Å². The first-order valence-corrected chi connectivity index (χ1v) is 8.88. The largest absolute Gasteiger partial charge is 0.494 e. The zero-order valence-corrected chi connectivity index (χ0v) is 15.9. The van der Waals surface area contributed by atoms with Gasteiger partial charge in [-0.1, -0.05) is 18.8 Å². The molecule has 3 rings (SSSR count). The van der Waals surface area contributed by atoms with Gasteiger partial charge in [0.1, 0.15) is 0 Å². The third kappa shape index (κ3) is 3.91. The molecular weight excluding hydrogens is 350 g/mol. The second kappa shape index (κ2) is 7.98. The summed E-state index contributed by atoms with van der Waals surface area (Å²) in [5, 5.41) is 0. The summed E-state index contributed by atoms with van der Waals surface area (Å²) in [7, 11) is 2.83. The van der Waals surface area contributed by atoms with E-state index in [1.165, 1.54) is 26.4 Å². The molecule has 0 aliphatic heterocycles. The second-order valence-electron chi connectivity index (χ2n) is 6.52. The lowest BCUT2D eigenvalue weighted by Crippen LogP contribution is -2.18. The minimum atomic E-state index is -0.470. The number of methoxy groups -OCH3 is 2. The monoisotopic (exact) mass is 372 g/mol. The van der Waals surface area contributed by atoms with Crippen LogP contribution in [0.5, 0.6) is 11.5 Å². The SMILES string of the molecule is CCC(C)OC1Cc2cc(OC)c(F)cc2C#Cc2cc(OC)c(F)cc21. The van der Waals surface area contributed by atoms with Gasteiger partial charge in [-0.15, -0.1) is 0 Å². The van der Waals surface area contributed by atoms with Crippen LogP contribution in [0.1, 0.15) is 48.6 Å². The van der Waals surface area contributed by atoms with Crippen molar-refractivity contribution in [1.82, 2.24) is 0 Å². The maximum absolute atomic E-state index is 14.4. The van der Waals surface area contributed by atoms with Crippen LogP contribution in [0.3, 0.4) is 0 Å². The van der Waals surface area contributed by atoms with Gasteiger partial charge in [0.2, 0.25) is 0 Å². The van der Waals surface area contributed by atoms with Crippen LogP contribution in [0.4, 0.5) is 8.78 Å². The van der Waals surface area contributed by atoms with E-state index in [9.17, 15) is 8.78 Å².